The van der Waals surface area contributed by atoms with Crippen molar-refractivity contribution >= 4 is 11.9 Å². The van der Waals surface area contributed by atoms with Gasteiger partial charge in [0.05, 0.1) is 7.11 Å². The molecule has 4 bridgehead atoms. The van der Waals surface area contributed by atoms with Gasteiger partial charge in [-0.2, -0.15) is 0 Å². The summed E-state index contributed by atoms with van der Waals surface area (Å²) in [6.45, 7) is 1.70. The summed E-state index contributed by atoms with van der Waals surface area (Å²) >= 11 is 0. The van der Waals surface area contributed by atoms with Crippen LogP contribution in [0.4, 0.5) is 0 Å². The number of nitrogens with one attached hydrogen (secondary N) is 1. The largest absolute Gasteiger partial charge is 0.467 e. The van der Waals surface area contributed by atoms with Crippen LogP contribution >= 0.6 is 0 Å². The van der Waals surface area contributed by atoms with Crippen molar-refractivity contribution in [1.82, 2.24) is 5.32 Å². The van der Waals surface area contributed by atoms with E-state index in [9.17, 15) is 9.59 Å². The number of methoxy groups -OCH3 is 1. The Balaban J connectivity index is 1.71. The maximum absolute atomic E-state index is 12.6. The molecule has 0 spiro atoms. The van der Waals surface area contributed by atoms with Gasteiger partial charge in [-0.25, -0.2) is 4.79 Å². The van der Waals surface area contributed by atoms with E-state index in [2.05, 4.69) is 10.1 Å². The summed E-state index contributed by atoms with van der Waals surface area (Å²) in [7, 11) is 1.36. The van der Waals surface area contributed by atoms with Crippen LogP contribution in [-0.4, -0.2) is 25.0 Å². The van der Waals surface area contributed by atoms with E-state index in [0.29, 0.717) is 0 Å². The minimum atomic E-state index is -0.537. The second-order valence-corrected chi connectivity index (χ2v) is 6.92. The van der Waals surface area contributed by atoms with Gasteiger partial charge in [0.25, 0.3) is 0 Å². The molecule has 0 unspecified atom stereocenters. The van der Waals surface area contributed by atoms with E-state index in [1.165, 1.54) is 26.4 Å². The monoisotopic (exact) mass is 265 g/mol. The van der Waals surface area contributed by atoms with Crippen LogP contribution in [0.5, 0.6) is 0 Å². The number of carbonyl (C=O) groups excluding carboxylic acids is 2. The molecule has 0 aromatic carbocycles. The first-order valence-corrected chi connectivity index (χ1v) is 7.41. The molecule has 4 nitrogen and oxygen atoms in total. The standard InChI is InChI=1S/C15H23NO3/c1-9(13(17)19-2)16-14(18)15-6-10-3-11(7-15)5-12(4-10)8-15/h9-12H,3-8H2,1-2H3,(H,16,18)/t9-,10?,11?,12?,15?/m0/s1. The van der Waals surface area contributed by atoms with Crippen molar-refractivity contribution < 1.29 is 14.3 Å². The summed E-state index contributed by atoms with van der Waals surface area (Å²) in [5.41, 5.74) is -0.184. The van der Waals surface area contributed by atoms with E-state index in [1.807, 2.05) is 0 Å². The lowest BCUT2D eigenvalue weighted by Crippen LogP contribution is -2.55. The summed E-state index contributed by atoms with van der Waals surface area (Å²) in [5, 5.41) is 2.87. The zero-order valence-corrected chi connectivity index (χ0v) is 11.8. The number of rotatable bonds is 3. The van der Waals surface area contributed by atoms with E-state index in [-0.39, 0.29) is 17.3 Å². The topological polar surface area (TPSA) is 55.4 Å². The molecule has 4 rings (SSSR count). The number of ether oxygens (including phenoxy) is 1. The highest BCUT2D eigenvalue weighted by Gasteiger charge is 2.54. The van der Waals surface area contributed by atoms with Crippen LogP contribution in [0.2, 0.25) is 0 Å². The Bertz CT molecular complexity index is 369. The molecule has 4 heteroatoms. The maximum atomic E-state index is 12.6. The summed E-state index contributed by atoms with van der Waals surface area (Å²) in [5.74, 6) is 1.95. The van der Waals surface area contributed by atoms with Crippen molar-refractivity contribution in [2.45, 2.75) is 51.5 Å². The van der Waals surface area contributed by atoms with Gasteiger partial charge in [-0.15, -0.1) is 0 Å². The normalized spacial score (nSPS) is 40.8. The molecule has 4 aliphatic carbocycles. The average Bonchev–Trinajstić information content (AvgIpc) is 2.36. The molecule has 19 heavy (non-hydrogen) atoms. The van der Waals surface area contributed by atoms with Crippen LogP contribution in [0.3, 0.4) is 0 Å². The summed E-state index contributed by atoms with van der Waals surface area (Å²) < 4.78 is 4.68. The summed E-state index contributed by atoms with van der Waals surface area (Å²) in [6.07, 6.45) is 7.04. The molecule has 1 N–H and O–H groups in total. The second-order valence-electron chi connectivity index (χ2n) is 6.92. The van der Waals surface area contributed by atoms with Crippen molar-refractivity contribution in [1.29, 1.82) is 0 Å². The quantitative estimate of drug-likeness (QED) is 0.793. The number of carbonyl (C=O) groups is 2. The lowest BCUT2D eigenvalue weighted by molar-refractivity contribution is -0.152. The Morgan fingerprint density at radius 1 is 1.11 bits per heavy atom. The third-order valence-corrected chi connectivity index (χ3v) is 5.42. The number of amides is 1. The third-order valence-electron chi connectivity index (χ3n) is 5.42. The van der Waals surface area contributed by atoms with Crippen LogP contribution in [0.1, 0.15) is 45.4 Å². The van der Waals surface area contributed by atoms with E-state index in [0.717, 1.165) is 37.0 Å². The zero-order chi connectivity index (χ0) is 13.6. The molecule has 106 valence electrons. The average molecular weight is 265 g/mol. The van der Waals surface area contributed by atoms with E-state index in [1.54, 1.807) is 6.92 Å². The molecule has 1 atom stereocenters. The van der Waals surface area contributed by atoms with Crippen LogP contribution in [0, 0.1) is 23.2 Å². The number of hydrogen-bond donors (Lipinski definition) is 1. The SMILES string of the molecule is COC(=O)[C@H](C)NC(=O)C12CC3CC(CC(C3)C1)C2. The van der Waals surface area contributed by atoms with Gasteiger partial charge in [0, 0.05) is 5.41 Å². The van der Waals surface area contributed by atoms with Crippen molar-refractivity contribution in [3.63, 3.8) is 0 Å². The number of esters is 1. The Kier molecular flexibility index (Phi) is 3.06. The van der Waals surface area contributed by atoms with Crippen molar-refractivity contribution in [2.75, 3.05) is 7.11 Å². The lowest BCUT2D eigenvalue weighted by Gasteiger charge is -2.55. The Labute approximate surface area is 114 Å². The maximum Gasteiger partial charge on any atom is 0.328 e. The number of hydrogen-bond acceptors (Lipinski definition) is 3. The van der Waals surface area contributed by atoms with Gasteiger partial charge in [-0.1, -0.05) is 0 Å². The van der Waals surface area contributed by atoms with Gasteiger partial charge in [-0.3, -0.25) is 4.79 Å². The summed E-state index contributed by atoms with van der Waals surface area (Å²) in [4.78, 5) is 24.0. The molecular formula is C15H23NO3. The molecular weight excluding hydrogens is 242 g/mol. The van der Waals surface area contributed by atoms with Crippen LogP contribution in [-0.2, 0) is 14.3 Å². The van der Waals surface area contributed by atoms with E-state index < -0.39 is 6.04 Å². The summed E-state index contributed by atoms with van der Waals surface area (Å²) in [6, 6.07) is -0.537. The zero-order valence-electron chi connectivity index (χ0n) is 11.8. The first-order chi connectivity index (χ1) is 9.02. The Morgan fingerprint density at radius 2 is 1.58 bits per heavy atom. The van der Waals surface area contributed by atoms with Gasteiger partial charge in [0.2, 0.25) is 5.91 Å². The van der Waals surface area contributed by atoms with E-state index in [4.69, 9.17) is 0 Å². The molecule has 0 aliphatic heterocycles. The predicted octanol–water partition coefficient (Wildman–Crippen LogP) is 1.88. The molecule has 1 amide bonds. The van der Waals surface area contributed by atoms with Gasteiger partial charge < -0.3 is 10.1 Å². The minimum Gasteiger partial charge on any atom is -0.467 e. The second kappa shape index (κ2) is 4.50. The van der Waals surface area contributed by atoms with Crippen molar-refractivity contribution in [3.8, 4) is 0 Å². The fourth-order valence-corrected chi connectivity index (χ4v) is 4.97. The smallest absolute Gasteiger partial charge is 0.328 e. The Morgan fingerprint density at radius 3 is 2.00 bits per heavy atom. The molecule has 4 fully saturated rings. The lowest BCUT2D eigenvalue weighted by atomic mass is 9.49. The molecule has 0 heterocycles. The van der Waals surface area contributed by atoms with Crippen LogP contribution in [0.25, 0.3) is 0 Å². The van der Waals surface area contributed by atoms with Gasteiger partial charge in [0.15, 0.2) is 0 Å². The highest BCUT2D eigenvalue weighted by molar-refractivity contribution is 5.88. The first kappa shape index (κ1) is 12.9. The molecule has 0 aromatic heterocycles. The van der Waals surface area contributed by atoms with E-state index >= 15 is 0 Å². The molecule has 4 saturated carbocycles. The predicted molar refractivity (Wildman–Crippen MR) is 70.2 cm³/mol. The fraction of sp³-hybridized carbons (Fsp3) is 0.867. The fourth-order valence-electron chi connectivity index (χ4n) is 4.97. The molecule has 4 aliphatic rings. The van der Waals surface area contributed by atoms with Crippen LogP contribution in [0.15, 0.2) is 0 Å². The van der Waals surface area contributed by atoms with Gasteiger partial charge in [0.1, 0.15) is 6.04 Å². The highest BCUT2D eigenvalue weighted by Crippen LogP contribution is 2.60. The molecule has 0 saturated heterocycles. The van der Waals surface area contributed by atoms with Crippen molar-refractivity contribution in [3.05, 3.63) is 0 Å². The van der Waals surface area contributed by atoms with Gasteiger partial charge >= 0.3 is 5.97 Å². The highest BCUT2D eigenvalue weighted by atomic mass is 16.5. The van der Waals surface area contributed by atoms with Crippen LogP contribution < -0.4 is 5.32 Å². The molecule has 0 radical (unpaired) electrons. The van der Waals surface area contributed by atoms with Crippen molar-refractivity contribution in [2.24, 2.45) is 23.2 Å². The van der Waals surface area contributed by atoms with Gasteiger partial charge in [-0.05, 0) is 63.2 Å². The first-order valence-electron chi connectivity index (χ1n) is 7.41. The minimum absolute atomic E-state index is 0.0875. The Hall–Kier alpha value is -1.06. The molecule has 0 aromatic rings. The third kappa shape index (κ3) is 2.15.